The van der Waals surface area contributed by atoms with E-state index in [0.29, 0.717) is 13.2 Å². The maximum atomic E-state index is 11.9. The molecule has 1 saturated heterocycles. The van der Waals surface area contributed by atoms with E-state index in [1.54, 1.807) is 14.0 Å². The molecule has 0 aromatic heterocycles. The Hall–Kier alpha value is -1.10. The van der Waals surface area contributed by atoms with Gasteiger partial charge in [0.15, 0.2) is 5.78 Å². The predicted octanol–water partition coefficient (Wildman–Crippen LogP) is 2.08. The number of rotatable bonds is 4. The Labute approximate surface area is 120 Å². The van der Waals surface area contributed by atoms with Crippen LogP contribution < -0.4 is 4.74 Å². The molecule has 1 heterocycles. The molecule has 1 aromatic carbocycles. The molecule has 19 heavy (non-hydrogen) atoms. The lowest BCUT2D eigenvalue weighted by atomic mass is 10.0. The van der Waals surface area contributed by atoms with Crippen LogP contribution in [0.1, 0.15) is 18.5 Å². The highest BCUT2D eigenvalue weighted by Crippen LogP contribution is 2.24. The maximum absolute atomic E-state index is 11.9. The number of hydrogen-bond donors (Lipinski definition) is 0. The molecule has 106 valence electrons. The van der Waals surface area contributed by atoms with Crippen molar-refractivity contribution in [1.29, 1.82) is 0 Å². The zero-order valence-electron chi connectivity index (χ0n) is 11.3. The van der Waals surface area contributed by atoms with Gasteiger partial charge in [0.2, 0.25) is 0 Å². The number of ketones is 1. The normalized spacial score (nSPS) is 17.4. The number of nitrogens with zero attached hydrogens (tertiary/aromatic N) is 1. The number of ether oxygens (including phenoxy) is 2. The number of carbonyl (C=O) groups excluding carboxylic acids is 1. The molecule has 0 bridgehead atoms. The fraction of sp³-hybridized carbons (Fsp3) is 0.500. The summed E-state index contributed by atoms with van der Waals surface area (Å²) in [7, 11) is 1.64. The number of carbonyl (C=O) groups is 1. The van der Waals surface area contributed by atoms with Gasteiger partial charge in [-0.25, -0.2) is 0 Å². The molecule has 0 N–H and O–H groups in total. The molecule has 5 heteroatoms. The Morgan fingerprint density at radius 1 is 1.26 bits per heavy atom. The summed E-state index contributed by atoms with van der Waals surface area (Å²) < 4.78 is 10.5. The molecule has 0 saturated carbocycles. The summed E-state index contributed by atoms with van der Waals surface area (Å²) >= 11 is 0. The van der Waals surface area contributed by atoms with Gasteiger partial charge in [-0.2, -0.15) is 0 Å². The van der Waals surface area contributed by atoms with Gasteiger partial charge >= 0.3 is 0 Å². The Morgan fingerprint density at radius 2 is 1.84 bits per heavy atom. The van der Waals surface area contributed by atoms with Crippen molar-refractivity contribution in [3.05, 3.63) is 29.8 Å². The van der Waals surface area contributed by atoms with Crippen LogP contribution in [-0.2, 0) is 9.53 Å². The minimum absolute atomic E-state index is 0. The first-order valence-corrected chi connectivity index (χ1v) is 6.18. The molecule has 1 aromatic rings. The summed E-state index contributed by atoms with van der Waals surface area (Å²) in [5.41, 5.74) is 1.02. The summed E-state index contributed by atoms with van der Waals surface area (Å²) in [6.45, 7) is 4.64. The van der Waals surface area contributed by atoms with E-state index >= 15 is 0 Å². The van der Waals surface area contributed by atoms with Crippen LogP contribution >= 0.6 is 12.4 Å². The van der Waals surface area contributed by atoms with Crippen molar-refractivity contribution >= 4 is 18.2 Å². The Kier molecular flexibility index (Phi) is 6.28. The van der Waals surface area contributed by atoms with Crippen LogP contribution in [0.25, 0.3) is 0 Å². The number of hydrogen-bond acceptors (Lipinski definition) is 4. The molecule has 1 atom stereocenters. The van der Waals surface area contributed by atoms with Crippen molar-refractivity contribution in [1.82, 2.24) is 4.90 Å². The number of morpholine rings is 1. The first-order chi connectivity index (χ1) is 8.72. The van der Waals surface area contributed by atoms with Crippen LogP contribution in [0.3, 0.4) is 0 Å². The standard InChI is InChI=1S/C14H19NO3.ClH/c1-11(16)14(15-7-9-18-10-8-15)12-3-5-13(17-2)6-4-12;/h3-6,14H,7-10H2,1-2H3;1H. The summed E-state index contributed by atoms with van der Waals surface area (Å²) in [6.07, 6.45) is 0. The third kappa shape index (κ3) is 3.93. The maximum Gasteiger partial charge on any atom is 0.151 e. The van der Waals surface area contributed by atoms with E-state index in [1.807, 2.05) is 24.3 Å². The van der Waals surface area contributed by atoms with Gasteiger partial charge in [-0.05, 0) is 24.6 Å². The molecular weight excluding hydrogens is 266 g/mol. The molecule has 1 unspecified atom stereocenters. The first kappa shape index (κ1) is 16.0. The summed E-state index contributed by atoms with van der Waals surface area (Å²) in [4.78, 5) is 14.1. The van der Waals surface area contributed by atoms with Crippen molar-refractivity contribution in [2.45, 2.75) is 13.0 Å². The number of halogens is 1. The van der Waals surface area contributed by atoms with Crippen LogP contribution in [0.4, 0.5) is 0 Å². The zero-order valence-corrected chi connectivity index (χ0v) is 12.1. The van der Waals surface area contributed by atoms with Gasteiger partial charge in [-0.15, -0.1) is 12.4 Å². The highest BCUT2D eigenvalue weighted by Gasteiger charge is 2.26. The predicted molar refractivity (Wildman–Crippen MR) is 76.1 cm³/mol. The molecular formula is C14H20ClNO3. The van der Waals surface area contributed by atoms with Crippen LogP contribution in [0, 0.1) is 0 Å². The fourth-order valence-corrected chi connectivity index (χ4v) is 2.32. The molecule has 2 rings (SSSR count). The van der Waals surface area contributed by atoms with Gasteiger partial charge in [0.25, 0.3) is 0 Å². The quantitative estimate of drug-likeness (QED) is 0.849. The van der Waals surface area contributed by atoms with Gasteiger partial charge in [-0.3, -0.25) is 9.69 Å². The lowest BCUT2D eigenvalue weighted by molar-refractivity contribution is -0.124. The average molecular weight is 286 g/mol. The van der Waals surface area contributed by atoms with Crippen molar-refractivity contribution in [3.63, 3.8) is 0 Å². The van der Waals surface area contributed by atoms with Crippen molar-refractivity contribution in [2.75, 3.05) is 33.4 Å². The third-order valence-electron chi connectivity index (χ3n) is 3.23. The topological polar surface area (TPSA) is 38.8 Å². The summed E-state index contributed by atoms with van der Waals surface area (Å²) in [6, 6.07) is 7.54. The van der Waals surface area contributed by atoms with E-state index in [0.717, 1.165) is 24.4 Å². The van der Waals surface area contributed by atoms with Crippen molar-refractivity contribution in [3.8, 4) is 5.75 Å². The van der Waals surface area contributed by atoms with Crippen LogP contribution in [0.2, 0.25) is 0 Å². The lowest BCUT2D eigenvalue weighted by Crippen LogP contribution is -2.41. The summed E-state index contributed by atoms with van der Waals surface area (Å²) in [5.74, 6) is 0.977. The SMILES string of the molecule is COc1ccc(C(C(C)=O)N2CCOCC2)cc1.Cl. The van der Waals surface area contributed by atoms with Gasteiger partial charge < -0.3 is 9.47 Å². The Balaban J connectivity index is 0.00000180. The second kappa shape index (κ2) is 7.48. The second-order valence-electron chi connectivity index (χ2n) is 4.43. The second-order valence-corrected chi connectivity index (χ2v) is 4.43. The van der Waals surface area contributed by atoms with E-state index < -0.39 is 0 Å². The average Bonchev–Trinajstić information content (AvgIpc) is 2.40. The zero-order chi connectivity index (χ0) is 13.0. The molecule has 0 radical (unpaired) electrons. The molecule has 4 nitrogen and oxygen atoms in total. The van der Waals surface area contributed by atoms with Crippen LogP contribution in [0.15, 0.2) is 24.3 Å². The molecule has 0 amide bonds. The Bertz CT molecular complexity index is 402. The monoisotopic (exact) mass is 285 g/mol. The highest BCUT2D eigenvalue weighted by molar-refractivity contribution is 5.85. The third-order valence-corrected chi connectivity index (χ3v) is 3.23. The van der Waals surface area contributed by atoms with Gasteiger partial charge in [0.1, 0.15) is 5.75 Å². The first-order valence-electron chi connectivity index (χ1n) is 6.18. The number of Topliss-reactive ketones (excluding diaryl/α,β-unsaturated/α-hetero) is 1. The number of methoxy groups -OCH3 is 1. The van der Waals surface area contributed by atoms with Gasteiger partial charge in [0, 0.05) is 13.1 Å². The van der Waals surface area contributed by atoms with Crippen LogP contribution in [-0.4, -0.2) is 44.1 Å². The van der Waals surface area contributed by atoms with E-state index in [-0.39, 0.29) is 24.2 Å². The van der Waals surface area contributed by atoms with Gasteiger partial charge in [0.05, 0.1) is 26.4 Å². The van der Waals surface area contributed by atoms with Crippen LogP contribution in [0.5, 0.6) is 5.75 Å². The molecule has 1 aliphatic rings. The fourth-order valence-electron chi connectivity index (χ4n) is 2.32. The lowest BCUT2D eigenvalue weighted by Gasteiger charge is -2.33. The number of benzene rings is 1. The van der Waals surface area contributed by atoms with E-state index in [9.17, 15) is 4.79 Å². The Morgan fingerprint density at radius 3 is 2.32 bits per heavy atom. The molecule has 0 spiro atoms. The smallest absolute Gasteiger partial charge is 0.151 e. The van der Waals surface area contributed by atoms with Crippen molar-refractivity contribution < 1.29 is 14.3 Å². The largest absolute Gasteiger partial charge is 0.497 e. The van der Waals surface area contributed by atoms with E-state index in [1.165, 1.54) is 0 Å². The van der Waals surface area contributed by atoms with Crippen molar-refractivity contribution in [2.24, 2.45) is 0 Å². The minimum atomic E-state index is -0.167. The summed E-state index contributed by atoms with van der Waals surface area (Å²) in [5, 5.41) is 0. The van der Waals surface area contributed by atoms with E-state index in [2.05, 4.69) is 4.90 Å². The van der Waals surface area contributed by atoms with E-state index in [4.69, 9.17) is 9.47 Å². The minimum Gasteiger partial charge on any atom is -0.497 e. The molecule has 1 fully saturated rings. The highest BCUT2D eigenvalue weighted by atomic mass is 35.5. The molecule has 1 aliphatic heterocycles. The molecule has 0 aliphatic carbocycles. The van der Waals surface area contributed by atoms with Gasteiger partial charge in [-0.1, -0.05) is 12.1 Å².